The number of aryl methyl sites for hydroxylation is 2. The number of carbonyl (C=O) groups excluding carboxylic acids is 1. The average Bonchev–Trinajstić information content (AvgIpc) is 3.03. The van der Waals surface area contributed by atoms with Crippen LogP contribution in [0.4, 0.5) is 0 Å². The zero-order valence-corrected chi connectivity index (χ0v) is 21.9. The van der Waals surface area contributed by atoms with Crippen molar-refractivity contribution in [3.63, 3.8) is 0 Å². The highest BCUT2D eigenvalue weighted by Gasteiger charge is 2.40. The van der Waals surface area contributed by atoms with E-state index in [0.29, 0.717) is 6.54 Å². The molecular weight excluding hydrogens is 466 g/mol. The van der Waals surface area contributed by atoms with E-state index in [1.165, 1.54) is 0 Å². The molecule has 0 unspecified atom stereocenters. The van der Waals surface area contributed by atoms with Gasteiger partial charge in [0.25, 0.3) is 0 Å². The van der Waals surface area contributed by atoms with Gasteiger partial charge in [0, 0.05) is 54.4 Å². The molecule has 2 aromatic rings. The summed E-state index contributed by atoms with van der Waals surface area (Å²) in [7, 11) is 2.13. The molecule has 0 N–H and O–H groups in total. The molecule has 0 saturated carbocycles. The summed E-state index contributed by atoms with van der Waals surface area (Å²) in [5, 5.41) is 1.77. The summed E-state index contributed by atoms with van der Waals surface area (Å²) in [6, 6.07) is 11.9. The molecule has 1 aromatic carbocycles. The predicted molar refractivity (Wildman–Crippen MR) is 140 cm³/mol. The fourth-order valence-electron chi connectivity index (χ4n) is 4.72. The number of aromatic nitrogens is 2. The van der Waals surface area contributed by atoms with Gasteiger partial charge in [-0.05, 0) is 58.0 Å². The molecular formula is C26H34ClN5OS. The van der Waals surface area contributed by atoms with Gasteiger partial charge >= 0.3 is 0 Å². The molecule has 1 amide bonds. The van der Waals surface area contributed by atoms with Crippen LogP contribution in [0, 0.1) is 13.8 Å². The number of benzene rings is 1. The van der Waals surface area contributed by atoms with Gasteiger partial charge in [0.05, 0.1) is 6.04 Å². The number of hydrogen-bond donors (Lipinski definition) is 0. The molecule has 2 fully saturated rings. The van der Waals surface area contributed by atoms with Crippen molar-refractivity contribution in [2.45, 2.75) is 43.1 Å². The van der Waals surface area contributed by atoms with Crippen molar-refractivity contribution >= 4 is 35.3 Å². The van der Waals surface area contributed by atoms with E-state index in [2.05, 4.69) is 31.7 Å². The minimum Gasteiger partial charge on any atom is -0.340 e. The topological polar surface area (TPSA) is 52.6 Å². The Hall–Kier alpha value is -1.93. The van der Waals surface area contributed by atoms with E-state index in [0.717, 1.165) is 72.7 Å². The molecule has 0 radical (unpaired) electrons. The minimum atomic E-state index is -0.176. The molecule has 6 nitrogen and oxygen atoms in total. The van der Waals surface area contributed by atoms with Crippen molar-refractivity contribution < 1.29 is 4.79 Å². The van der Waals surface area contributed by atoms with Gasteiger partial charge in [-0.2, -0.15) is 0 Å². The van der Waals surface area contributed by atoms with Gasteiger partial charge in [0.15, 0.2) is 5.16 Å². The smallest absolute Gasteiger partial charge is 0.240 e. The second-order valence-corrected chi connectivity index (χ2v) is 11.1. The van der Waals surface area contributed by atoms with Crippen LogP contribution in [-0.2, 0) is 4.79 Å². The number of halogens is 1. The average molecular weight is 500 g/mol. The fraction of sp³-hybridized carbons (Fsp3) is 0.500. The zero-order valence-electron chi connectivity index (χ0n) is 20.3. The monoisotopic (exact) mass is 499 g/mol. The van der Waals surface area contributed by atoms with Crippen LogP contribution in [0.5, 0.6) is 0 Å². The third kappa shape index (κ3) is 6.81. The normalized spacial score (nSPS) is 22.7. The Morgan fingerprint density at radius 1 is 1.12 bits per heavy atom. The molecule has 1 aromatic heterocycles. The summed E-state index contributed by atoms with van der Waals surface area (Å²) < 4.78 is 0. The lowest BCUT2D eigenvalue weighted by Gasteiger charge is -2.29. The highest BCUT2D eigenvalue weighted by molar-refractivity contribution is 7.99. The van der Waals surface area contributed by atoms with Gasteiger partial charge in [-0.3, -0.25) is 9.69 Å². The number of likely N-dealkylation sites (N-methyl/N-ethyl adjacent to an activating group) is 1. The SMILES string of the molecule is Cc1cc(C)nc(S[C@@H]2C[C@@H](C(=O)N3CCCN(C)CC3)N(CC(Cl)=Cc3ccccc3)C2)n1. The van der Waals surface area contributed by atoms with E-state index in [-0.39, 0.29) is 17.2 Å². The van der Waals surface area contributed by atoms with Gasteiger partial charge in [-0.15, -0.1) is 0 Å². The highest BCUT2D eigenvalue weighted by Crippen LogP contribution is 2.33. The summed E-state index contributed by atoms with van der Waals surface area (Å²) >= 11 is 8.38. The van der Waals surface area contributed by atoms with Crippen molar-refractivity contribution in [2.24, 2.45) is 0 Å². The second-order valence-electron chi connectivity index (χ2n) is 9.34. The Morgan fingerprint density at radius 2 is 1.85 bits per heavy atom. The minimum absolute atomic E-state index is 0.176. The quantitative estimate of drug-likeness (QED) is 0.558. The lowest BCUT2D eigenvalue weighted by atomic mass is 10.1. The molecule has 2 saturated heterocycles. The molecule has 182 valence electrons. The van der Waals surface area contributed by atoms with Crippen molar-refractivity contribution in [1.29, 1.82) is 0 Å². The van der Waals surface area contributed by atoms with Crippen LogP contribution in [0.3, 0.4) is 0 Å². The Kier molecular flexibility index (Phi) is 8.64. The summed E-state index contributed by atoms with van der Waals surface area (Å²) in [5.74, 6) is 0.226. The zero-order chi connectivity index (χ0) is 24.1. The van der Waals surface area contributed by atoms with Gasteiger partial charge in [0.2, 0.25) is 5.91 Å². The van der Waals surface area contributed by atoms with E-state index in [9.17, 15) is 4.79 Å². The number of amides is 1. The van der Waals surface area contributed by atoms with Gasteiger partial charge < -0.3 is 9.80 Å². The predicted octanol–water partition coefficient (Wildman–Crippen LogP) is 4.07. The molecule has 0 spiro atoms. The number of rotatable bonds is 6. The molecule has 2 aliphatic rings. The molecule has 4 rings (SSSR count). The molecule has 0 aliphatic carbocycles. The van der Waals surface area contributed by atoms with Crippen LogP contribution in [0.15, 0.2) is 46.6 Å². The van der Waals surface area contributed by atoms with E-state index in [4.69, 9.17) is 11.6 Å². The first-order chi connectivity index (χ1) is 16.4. The fourth-order valence-corrected chi connectivity index (χ4v) is 6.24. The van der Waals surface area contributed by atoms with E-state index < -0.39 is 0 Å². The summed E-state index contributed by atoms with van der Waals surface area (Å²) in [4.78, 5) is 29.5. The first-order valence-corrected chi connectivity index (χ1v) is 13.2. The molecule has 34 heavy (non-hydrogen) atoms. The number of thioether (sulfide) groups is 1. The summed E-state index contributed by atoms with van der Waals surface area (Å²) in [6.45, 7) is 8.89. The number of likely N-dealkylation sites (tertiary alicyclic amines) is 1. The summed E-state index contributed by atoms with van der Waals surface area (Å²) in [5.41, 5.74) is 3.01. The second kappa shape index (κ2) is 11.7. The Bertz CT molecular complexity index is 997. The number of nitrogens with zero attached hydrogens (tertiary/aromatic N) is 5. The van der Waals surface area contributed by atoms with Crippen LogP contribution < -0.4 is 0 Å². The first kappa shape index (κ1) is 25.2. The summed E-state index contributed by atoms with van der Waals surface area (Å²) in [6.07, 6.45) is 3.79. The van der Waals surface area contributed by atoms with Gasteiger partial charge in [-0.25, -0.2) is 9.97 Å². The molecule has 8 heteroatoms. The molecule has 2 aliphatic heterocycles. The largest absolute Gasteiger partial charge is 0.340 e. The van der Waals surface area contributed by atoms with Crippen LogP contribution in [0.2, 0.25) is 0 Å². The molecule has 2 atom stereocenters. The maximum atomic E-state index is 13.7. The van der Waals surface area contributed by atoms with E-state index in [1.54, 1.807) is 11.8 Å². The van der Waals surface area contributed by atoms with Crippen LogP contribution in [-0.4, -0.2) is 88.2 Å². The number of carbonyl (C=O) groups is 1. The van der Waals surface area contributed by atoms with Crippen molar-refractivity contribution in [3.05, 3.63) is 58.4 Å². The van der Waals surface area contributed by atoms with Crippen LogP contribution in [0.25, 0.3) is 6.08 Å². The third-order valence-corrected chi connectivity index (χ3v) is 7.69. The maximum absolute atomic E-state index is 13.7. The van der Waals surface area contributed by atoms with Gasteiger partial charge in [0.1, 0.15) is 0 Å². The number of hydrogen-bond acceptors (Lipinski definition) is 6. The van der Waals surface area contributed by atoms with Crippen molar-refractivity contribution in [2.75, 3.05) is 46.3 Å². The van der Waals surface area contributed by atoms with E-state index >= 15 is 0 Å². The maximum Gasteiger partial charge on any atom is 0.240 e. The van der Waals surface area contributed by atoms with Crippen molar-refractivity contribution in [1.82, 2.24) is 24.7 Å². The first-order valence-electron chi connectivity index (χ1n) is 12.0. The van der Waals surface area contributed by atoms with Crippen molar-refractivity contribution in [3.8, 4) is 0 Å². The molecule has 0 bridgehead atoms. The highest BCUT2D eigenvalue weighted by atomic mass is 35.5. The Balaban J connectivity index is 1.51. The Labute approximate surface area is 212 Å². The van der Waals surface area contributed by atoms with Crippen LogP contribution in [0.1, 0.15) is 29.8 Å². The third-order valence-electron chi connectivity index (χ3n) is 6.39. The standard InChI is InChI=1S/C26H34ClN5OS/c1-19-14-20(2)29-26(28-19)34-23-16-24(25(33)31-11-7-10-30(3)12-13-31)32(18-23)17-22(27)15-21-8-5-4-6-9-21/h4-6,8-9,14-15,23-24H,7,10-13,16-18H2,1-3H3/t23-,24+/m1/s1. The molecule has 3 heterocycles. The Morgan fingerprint density at radius 3 is 2.59 bits per heavy atom. The van der Waals surface area contributed by atoms with Crippen LogP contribution >= 0.6 is 23.4 Å². The van der Waals surface area contributed by atoms with E-state index in [1.807, 2.05) is 56.3 Å². The lowest BCUT2D eigenvalue weighted by Crippen LogP contribution is -2.47. The van der Waals surface area contributed by atoms with Gasteiger partial charge in [-0.1, -0.05) is 53.7 Å². The lowest BCUT2D eigenvalue weighted by molar-refractivity contribution is -0.135.